The number of urea groups is 1. The van der Waals surface area contributed by atoms with Gasteiger partial charge in [-0.15, -0.1) is 11.3 Å². The van der Waals surface area contributed by atoms with Gasteiger partial charge in [-0.3, -0.25) is 4.90 Å². The second kappa shape index (κ2) is 9.42. The number of para-hydroxylation sites is 1. The van der Waals surface area contributed by atoms with Crippen molar-refractivity contribution in [3.8, 4) is 11.5 Å². The lowest BCUT2D eigenvalue weighted by atomic mass is 10.2. The fraction of sp³-hybridized carbons (Fsp3) is 0.192. The van der Waals surface area contributed by atoms with E-state index in [1.54, 1.807) is 0 Å². The molecule has 0 bridgehead atoms. The molecular formula is C26H25N3O2S. The molecule has 0 unspecified atom stereocenters. The van der Waals surface area contributed by atoms with E-state index in [-0.39, 0.29) is 6.03 Å². The van der Waals surface area contributed by atoms with Crippen LogP contribution >= 0.6 is 11.3 Å². The number of ether oxygens (including phenoxy) is 1. The molecule has 2 heterocycles. The van der Waals surface area contributed by atoms with Crippen molar-refractivity contribution in [3.05, 3.63) is 83.7 Å². The SMILES string of the molecule is O=C(Nc1ccc(Oc2ccccc2)cc1)Nc1ccc2sc(CN3CCCC3)cc2c1. The third-order valence-corrected chi connectivity index (χ3v) is 6.60. The smallest absolute Gasteiger partial charge is 0.323 e. The largest absolute Gasteiger partial charge is 0.457 e. The maximum absolute atomic E-state index is 12.5. The molecule has 162 valence electrons. The first kappa shape index (κ1) is 20.5. The molecular weight excluding hydrogens is 418 g/mol. The van der Waals surface area contributed by atoms with Crippen LogP contribution in [-0.4, -0.2) is 24.0 Å². The summed E-state index contributed by atoms with van der Waals surface area (Å²) >= 11 is 1.83. The molecule has 0 saturated carbocycles. The van der Waals surface area contributed by atoms with Crippen LogP contribution in [0.4, 0.5) is 16.2 Å². The Morgan fingerprint density at radius 1 is 0.844 bits per heavy atom. The number of anilines is 2. The summed E-state index contributed by atoms with van der Waals surface area (Å²) in [5, 5.41) is 6.98. The monoisotopic (exact) mass is 443 g/mol. The highest BCUT2D eigenvalue weighted by Gasteiger charge is 2.13. The standard InChI is InChI=1S/C26H25N3O2S/c30-26(27-20-8-11-23(12-9-20)31-22-6-2-1-3-7-22)28-21-10-13-25-19(16-21)17-24(32-25)18-29-14-4-5-15-29/h1-3,6-13,16-17H,4-5,14-15,18H2,(H2,27,28,30). The second-order valence-corrected chi connectivity index (χ2v) is 9.14. The normalized spacial score (nSPS) is 13.9. The summed E-state index contributed by atoms with van der Waals surface area (Å²) in [5.74, 6) is 1.49. The minimum absolute atomic E-state index is 0.270. The van der Waals surface area contributed by atoms with E-state index in [0.29, 0.717) is 5.69 Å². The van der Waals surface area contributed by atoms with Crippen molar-refractivity contribution in [2.45, 2.75) is 19.4 Å². The molecule has 5 nitrogen and oxygen atoms in total. The third-order valence-electron chi connectivity index (χ3n) is 5.49. The van der Waals surface area contributed by atoms with Gasteiger partial charge in [0.15, 0.2) is 0 Å². The van der Waals surface area contributed by atoms with E-state index in [1.807, 2.05) is 78.1 Å². The lowest BCUT2D eigenvalue weighted by Gasteiger charge is -2.12. The minimum atomic E-state index is -0.270. The van der Waals surface area contributed by atoms with Crippen LogP contribution in [0.5, 0.6) is 11.5 Å². The van der Waals surface area contributed by atoms with Crippen LogP contribution < -0.4 is 15.4 Å². The first-order valence-electron chi connectivity index (χ1n) is 10.9. The molecule has 4 aromatic rings. The van der Waals surface area contributed by atoms with E-state index in [2.05, 4.69) is 27.7 Å². The van der Waals surface area contributed by atoms with Gasteiger partial charge < -0.3 is 15.4 Å². The minimum Gasteiger partial charge on any atom is -0.457 e. The van der Waals surface area contributed by atoms with E-state index >= 15 is 0 Å². The zero-order valence-electron chi connectivity index (χ0n) is 17.7. The molecule has 1 aliphatic heterocycles. The van der Waals surface area contributed by atoms with Gasteiger partial charge in [0.1, 0.15) is 11.5 Å². The van der Waals surface area contributed by atoms with E-state index in [0.717, 1.165) is 23.7 Å². The Morgan fingerprint density at radius 2 is 1.53 bits per heavy atom. The number of carbonyl (C=O) groups excluding carboxylic acids is 1. The van der Waals surface area contributed by atoms with Crippen molar-refractivity contribution in [3.63, 3.8) is 0 Å². The van der Waals surface area contributed by atoms with E-state index in [9.17, 15) is 4.79 Å². The zero-order valence-corrected chi connectivity index (χ0v) is 18.5. The Hall–Kier alpha value is -3.35. The van der Waals surface area contributed by atoms with Crippen LogP contribution in [0.25, 0.3) is 10.1 Å². The number of benzene rings is 3. The van der Waals surface area contributed by atoms with Gasteiger partial charge in [0.05, 0.1) is 0 Å². The molecule has 2 amide bonds. The number of carbonyl (C=O) groups is 1. The van der Waals surface area contributed by atoms with E-state index < -0.39 is 0 Å². The van der Waals surface area contributed by atoms with Gasteiger partial charge in [0, 0.05) is 27.5 Å². The Balaban J connectivity index is 1.19. The predicted molar refractivity (Wildman–Crippen MR) is 132 cm³/mol. The molecule has 1 saturated heterocycles. The van der Waals surface area contributed by atoms with Crippen molar-refractivity contribution >= 4 is 38.8 Å². The van der Waals surface area contributed by atoms with Crippen LogP contribution in [0, 0.1) is 0 Å². The van der Waals surface area contributed by atoms with Gasteiger partial charge in [-0.2, -0.15) is 0 Å². The van der Waals surface area contributed by atoms with Gasteiger partial charge in [-0.05, 0) is 92.0 Å². The lowest BCUT2D eigenvalue weighted by Crippen LogP contribution is -2.19. The van der Waals surface area contributed by atoms with Crippen molar-refractivity contribution in [1.29, 1.82) is 0 Å². The van der Waals surface area contributed by atoms with Crippen LogP contribution in [-0.2, 0) is 6.54 Å². The quantitative estimate of drug-likeness (QED) is 0.340. The third kappa shape index (κ3) is 5.10. The van der Waals surface area contributed by atoms with E-state index in [4.69, 9.17) is 4.74 Å². The molecule has 6 heteroatoms. The van der Waals surface area contributed by atoms with Crippen molar-refractivity contribution in [1.82, 2.24) is 4.90 Å². The van der Waals surface area contributed by atoms with Crippen LogP contribution in [0.15, 0.2) is 78.9 Å². The maximum Gasteiger partial charge on any atom is 0.323 e. The van der Waals surface area contributed by atoms with Crippen LogP contribution in [0.1, 0.15) is 17.7 Å². The lowest BCUT2D eigenvalue weighted by molar-refractivity contribution is 0.262. The van der Waals surface area contributed by atoms with Gasteiger partial charge in [-0.25, -0.2) is 4.79 Å². The number of hydrogen-bond acceptors (Lipinski definition) is 4. The van der Waals surface area contributed by atoms with Crippen LogP contribution in [0.3, 0.4) is 0 Å². The summed E-state index contributed by atoms with van der Waals surface area (Å²) in [4.78, 5) is 16.4. The van der Waals surface area contributed by atoms with Crippen LogP contribution in [0.2, 0.25) is 0 Å². The van der Waals surface area contributed by atoms with Crippen molar-refractivity contribution in [2.24, 2.45) is 0 Å². The summed E-state index contributed by atoms with van der Waals surface area (Å²) in [6.45, 7) is 3.41. The number of likely N-dealkylation sites (tertiary alicyclic amines) is 1. The fourth-order valence-corrected chi connectivity index (χ4v) is 5.03. The topological polar surface area (TPSA) is 53.6 Å². The molecule has 1 aliphatic rings. The summed E-state index contributed by atoms with van der Waals surface area (Å²) in [7, 11) is 0. The predicted octanol–water partition coefficient (Wildman–Crippen LogP) is 6.93. The molecule has 3 aromatic carbocycles. The van der Waals surface area contributed by atoms with Gasteiger partial charge in [0.2, 0.25) is 0 Å². The van der Waals surface area contributed by atoms with Gasteiger partial charge in [-0.1, -0.05) is 18.2 Å². The Morgan fingerprint density at radius 3 is 2.31 bits per heavy atom. The average Bonchev–Trinajstić information content (AvgIpc) is 3.45. The average molecular weight is 444 g/mol. The number of nitrogens with one attached hydrogen (secondary N) is 2. The molecule has 5 rings (SSSR count). The summed E-state index contributed by atoms with van der Waals surface area (Å²) < 4.78 is 7.04. The Bertz CT molecular complexity index is 1200. The molecule has 0 atom stereocenters. The van der Waals surface area contributed by atoms with Crippen molar-refractivity contribution in [2.75, 3.05) is 23.7 Å². The Kier molecular flexibility index (Phi) is 6.05. The summed E-state index contributed by atoms with van der Waals surface area (Å²) in [5.41, 5.74) is 1.48. The molecule has 32 heavy (non-hydrogen) atoms. The first-order valence-corrected chi connectivity index (χ1v) is 11.7. The molecule has 0 spiro atoms. The van der Waals surface area contributed by atoms with Crippen molar-refractivity contribution < 1.29 is 9.53 Å². The number of fused-ring (bicyclic) bond motifs is 1. The maximum atomic E-state index is 12.5. The molecule has 0 radical (unpaired) electrons. The number of thiophene rings is 1. The molecule has 1 aromatic heterocycles. The molecule has 1 fully saturated rings. The fourth-order valence-electron chi connectivity index (χ4n) is 3.94. The zero-order chi connectivity index (χ0) is 21.8. The number of hydrogen-bond donors (Lipinski definition) is 2. The highest BCUT2D eigenvalue weighted by molar-refractivity contribution is 7.19. The molecule has 0 aliphatic carbocycles. The number of rotatable bonds is 6. The highest BCUT2D eigenvalue weighted by Crippen LogP contribution is 2.30. The van der Waals surface area contributed by atoms with Gasteiger partial charge in [0.25, 0.3) is 0 Å². The highest BCUT2D eigenvalue weighted by atomic mass is 32.1. The number of amides is 2. The van der Waals surface area contributed by atoms with E-state index in [1.165, 1.54) is 40.9 Å². The first-order chi connectivity index (χ1) is 15.7. The number of nitrogens with zero attached hydrogens (tertiary/aromatic N) is 1. The molecule has 2 N–H and O–H groups in total. The van der Waals surface area contributed by atoms with Gasteiger partial charge >= 0.3 is 6.03 Å². The Labute approximate surface area is 191 Å². The summed E-state index contributed by atoms with van der Waals surface area (Å²) in [6.07, 6.45) is 2.60. The summed E-state index contributed by atoms with van der Waals surface area (Å²) in [6, 6.07) is 25.0. The second-order valence-electron chi connectivity index (χ2n) is 7.97.